The molecule has 4 rings (SSSR count). The van der Waals surface area contributed by atoms with Crippen molar-refractivity contribution in [1.82, 2.24) is 24.9 Å². The lowest BCUT2D eigenvalue weighted by atomic mass is 9.97. The first-order chi connectivity index (χ1) is 13.7. The van der Waals surface area contributed by atoms with Crippen LogP contribution in [0.25, 0.3) is 5.69 Å². The van der Waals surface area contributed by atoms with E-state index in [9.17, 15) is 9.59 Å². The Bertz CT molecular complexity index is 797. The van der Waals surface area contributed by atoms with Gasteiger partial charge >= 0.3 is 6.03 Å². The topological polar surface area (TPSA) is 70.5 Å². The van der Waals surface area contributed by atoms with Crippen LogP contribution in [-0.2, 0) is 11.3 Å². The second kappa shape index (κ2) is 8.46. The molecule has 28 heavy (non-hydrogen) atoms. The predicted octanol–water partition coefficient (Wildman–Crippen LogP) is 2.42. The number of urea groups is 1. The highest BCUT2D eigenvalue weighted by Crippen LogP contribution is 2.20. The number of carbonyl (C=O) groups is 2. The van der Waals surface area contributed by atoms with Gasteiger partial charge in [0.05, 0.1) is 11.6 Å². The summed E-state index contributed by atoms with van der Waals surface area (Å²) >= 11 is 0. The van der Waals surface area contributed by atoms with Crippen molar-refractivity contribution < 1.29 is 9.59 Å². The third kappa shape index (κ3) is 4.18. The molecule has 3 amide bonds. The first kappa shape index (κ1) is 18.5. The van der Waals surface area contributed by atoms with Gasteiger partial charge in [-0.1, -0.05) is 12.1 Å². The summed E-state index contributed by atoms with van der Waals surface area (Å²) in [5.41, 5.74) is 2.04. The van der Waals surface area contributed by atoms with Crippen molar-refractivity contribution >= 4 is 11.9 Å². The van der Waals surface area contributed by atoms with Crippen LogP contribution in [0.15, 0.2) is 42.7 Å². The highest BCUT2D eigenvalue weighted by Gasteiger charge is 2.31. The number of aromatic nitrogens is 2. The van der Waals surface area contributed by atoms with Gasteiger partial charge in [-0.3, -0.25) is 4.79 Å². The molecule has 7 heteroatoms. The normalized spacial score (nSPS) is 19.6. The maximum absolute atomic E-state index is 12.6. The number of carbonyl (C=O) groups excluding carboxylic acids is 2. The Morgan fingerprint density at radius 1 is 1.04 bits per heavy atom. The minimum absolute atomic E-state index is 0.0371. The Morgan fingerprint density at radius 3 is 2.50 bits per heavy atom. The van der Waals surface area contributed by atoms with Gasteiger partial charge in [-0.15, -0.1) is 0 Å². The van der Waals surface area contributed by atoms with E-state index in [0.29, 0.717) is 13.1 Å². The summed E-state index contributed by atoms with van der Waals surface area (Å²) in [4.78, 5) is 29.0. The quantitative estimate of drug-likeness (QED) is 0.884. The number of likely N-dealkylation sites (tertiary alicyclic amines) is 2. The molecule has 1 aromatic heterocycles. The first-order valence-corrected chi connectivity index (χ1v) is 10.1. The molecular weight excluding hydrogens is 354 g/mol. The van der Waals surface area contributed by atoms with E-state index in [-0.39, 0.29) is 17.9 Å². The van der Waals surface area contributed by atoms with Crippen LogP contribution < -0.4 is 5.32 Å². The Balaban J connectivity index is 1.29. The predicted molar refractivity (Wildman–Crippen MR) is 106 cm³/mol. The molecule has 2 aliphatic heterocycles. The van der Waals surface area contributed by atoms with Crippen LogP contribution in [0.1, 0.15) is 31.2 Å². The number of nitrogens with one attached hydrogen (secondary N) is 1. The number of amides is 3. The largest absolute Gasteiger partial charge is 0.352 e. The van der Waals surface area contributed by atoms with Crippen LogP contribution in [-0.4, -0.2) is 57.7 Å². The van der Waals surface area contributed by atoms with Gasteiger partial charge in [-0.25, -0.2) is 9.48 Å². The molecule has 2 saturated heterocycles. The molecule has 0 aliphatic carbocycles. The molecule has 1 aromatic carbocycles. The highest BCUT2D eigenvalue weighted by atomic mass is 16.2. The molecule has 0 radical (unpaired) electrons. The molecule has 2 fully saturated rings. The smallest absolute Gasteiger partial charge is 0.320 e. The standard InChI is InChI=1S/C21H27N5O2/c27-20(18-5-3-13-25(16-18)21(28)24-11-1-2-12-24)22-15-17-6-8-19(9-7-17)26-14-4-10-23-26/h4,6-10,14,18H,1-3,5,11-13,15-16H2,(H,22,27)/t18-/m0/s1. The molecule has 0 unspecified atom stereocenters. The Labute approximate surface area is 165 Å². The molecule has 0 bridgehead atoms. The van der Waals surface area contributed by atoms with E-state index >= 15 is 0 Å². The molecule has 148 valence electrons. The zero-order chi connectivity index (χ0) is 19.3. The maximum atomic E-state index is 12.6. The Kier molecular flexibility index (Phi) is 5.60. The summed E-state index contributed by atoms with van der Waals surface area (Å²) in [6, 6.07) is 9.97. The van der Waals surface area contributed by atoms with E-state index in [1.54, 1.807) is 10.9 Å². The highest BCUT2D eigenvalue weighted by molar-refractivity contribution is 5.81. The number of nitrogens with zero attached hydrogens (tertiary/aromatic N) is 4. The second-order valence-electron chi connectivity index (χ2n) is 7.60. The van der Waals surface area contributed by atoms with Crippen LogP contribution in [0, 0.1) is 5.92 Å². The summed E-state index contributed by atoms with van der Waals surface area (Å²) in [5, 5.41) is 7.25. The summed E-state index contributed by atoms with van der Waals surface area (Å²) in [6.07, 6.45) is 7.54. The number of hydrogen-bond donors (Lipinski definition) is 1. The molecule has 3 heterocycles. The number of hydrogen-bond acceptors (Lipinski definition) is 3. The number of piperidine rings is 1. The van der Waals surface area contributed by atoms with E-state index < -0.39 is 0 Å². The maximum Gasteiger partial charge on any atom is 0.320 e. The first-order valence-electron chi connectivity index (χ1n) is 10.1. The van der Waals surface area contributed by atoms with Gasteiger partial charge in [0.25, 0.3) is 0 Å². The second-order valence-corrected chi connectivity index (χ2v) is 7.60. The number of rotatable bonds is 4. The fourth-order valence-corrected chi connectivity index (χ4v) is 3.99. The molecule has 0 spiro atoms. The average Bonchev–Trinajstić information content (AvgIpc) is 3.46. The average molecular weight is 381 g/mol. The van der Waals surface area contributed by atoms with Crippen molar-refractivity contribution in [3.05, 3.63) is 48.3 Å². The fraction of sp³-hybridized carbons (Fsp3) is 0.476. The van der Waals surface area contributed by atoms with Crippen LogP contribution in [0.5, 0.6) is 0 Å². The van der Waals surface area contributed by atoms with E-state index in [2.05, 4.69) is 10.4 Å². The monoisotopic (exact) mass is 381 g/mol. The van der Waals surface area contributed by atoms with Gasteiger partial charge in [0.1, 0.15) is 0 Å². The zero-order valence-corrected chi connectivity index (χ0v) is 16.1. The Morgan fingerprint density at radius 2 is 1.79 bits per heavy atom. The lowest BCUT2D eigenvalue weighted by Gasteiger charge is -2.34. The van der Waals surface area contributed by atoms with Crippen molar-refractivity contribution in [2.24, 2.45) is 5.92 Å². The van der Waals surface area contributed by atoms with Crippen molar-refractivity contribution in [1.29, 1.82) is 0 Å². The molecule has 7 nitrogen and oxygen atoms in total. The van der Waals surface area contributed by atoms with Crippen LogP contribution >= 0.6 is 0 Å². The van der Waals surface area contributed by atoms with Crippen LogP contribution in [0.2, 0.25) is 0 Å². The van der Waals surface area contributed by atoms with E-state index in [0.717, 1.165) is 56.6 Å². The molecule has 1 atom stereocenters. The van der Waals surface area contributed by atoms with Crippen molar-refractivity contribution in [2.75, 3.05) is 26.2 Å². The van der Waals surface area contributed by atoms with Crippen LogP contribution in [0.3, 0.4) is 0 Å². The molecule has 2 aliphatic rings. The van der Waals surface area contributed by atoms with Crippen LogP contribution in [0.4, 0.5) is 4.79 Å². The minimum atomic E-state index is -0.122. The SMILES string of the molecule is O=C(NCc1ccc(-n2cccn2)cc1)[C@H]1CCCN(C(=O)N2CCCC2)C1. The summed E-state index contributed by atoms with van der Waals surface area (Å²) < 4.78 is 1.80. The van der Waals surface area contributed by atoms with Gasteiger partial charge in [-0.2, -0.15) is 5.10 Å². The van der Waals surface area contributed by atoms with E-state index in [1.807, 2.05) is 46.3 Å². The van der Waals surface area contributed by atoms with Gasteiger partial charge < -0.3 is 15.1 Å². The van der Waals surface area contributed by atoms with E-state index in [1.165, 1.54) is 0 Å². The van der Waals surface area contributed by atoms with E-state index in [4.69, 9.17) is 0 Å². The summed E-state index contributed by atoms with van der Waals surface area (Å²) in [5.74, 6) is -0.0845. The third-order valence-electron chi connectivity index (χ3n) is 5.61. The molecule has 0 saturated carbocycles. The fourth-order valence-electron chi connectivity index (χ4n) is 3.99. The molecular formula is C21H27N5O2. The van der Waals surface area contributed by atoms with Gasteiger partial charge in [0, 0.05) is 45.1 Å². The van der Waals surface area contributed by atoms with Crippen molar-refractivity contribution in [3.63, 3.8) is 0 Å². The summed E-state index contributed by atoms with van der Waals surface area (Å²) in [7, 11) is 0. The minimum Gasteiger partial charge on any atom is -0.352 e. The van der Waals surface area contributed by atoms with Gasteiger partial charge in [0.15, 0.2) is 0 Å². The van der Waals surface area contributed by atoms with Crippen molar-refractivity contribution in [2.45, 2.75) is 32.2 Å². The Hall–Kier alpha value is -2.83. The zero-order valence-electron chi connectivity index (χ0n) is 16.1. The van der Waals surface area contributed by atoms with Gasteiger partial charge in [-0.05, 0) is 49.4 Å². The lowest BCUT2D eigenvalue weighted by Crippen LogP contribution is -2.49. The lowest BCUT2D eigenvalue weighted by molar-refractivity contribution is -0.126. The third-order valence-corrected chi connectivity index (χ3v) is 5.61. The molecule has 2 aromatic rings. The van der Waals surface area contributed by atoms with Crippen molar-refractivity contribution in [3.8, 4) is 5.69 Å². The van der Waals surface area contributed by atoms with Gasteiger partial charge in [0.2, 0.25) is 5.91 Å². The molecule has 1 N–H and O–H groups in total. The summed E-state index contributed by atoms with van der Waals surface area (Å²) in [6.45, 7) is 3.48. The number of benzene rings is 1.